The molecule has 1 amide bonds. The Morgan fingerprint density at radius 1 is 1.21 bits per heavy atom. The van der Waals surface area contributed by atoms with E-state index in [0.29, 0.717) is 17.4 Å². The minimum absolute atomic E-state index is 0.0635. The molecule has 0 saturated carbocycles. The lowest BCUT2D eigenvalue weighted by atomic mass is 10.1. The Labute approximate surface area is 164 Å². The number of hydrogen-bond acceptors (Lipinski definition) is 5. The molecule has 0 fully saturated rings. The number of carbonyl (C=O) groups excluding carboxylic acids is 2. The SMILES string of the molecule is CCC(CC)NC(=O)COC(=O)c1ccc2c(=O)n3c(nc2c1)CCCCC3. The highest BCUT2D eigenvalue weighted by Gasteiger charge is 2.17. The van der Waals surface area contributed by atoms with Gasteiger partial charge in [0.05, 0.1) is 16.5 Å². The second-order valence-corrected chi connectivity index (χ2v) is 7.18. The number of benzene rings is 1. The molecule has 0 radical (unpaired) electrons. The number of amides is 1. The summed E-state index contributed by atoms with van der Waals surface area (Å²) in [6.07, 6.45) is 5.47. The lowest BCUT2D eigenvalue weighted by Crippen LogP contribution is -2.36. The Morgan fingerprint density at radius 2 is 2.00 bits per heavy atom. The zero-order chi connectivity index (χ0) is 20.1. The summed E-state index contributed by atoms with van der Waals surface area (Å²) >= 11 is 0. The predicted molar refractivity (Wildman–Crippen MR) is 106 cm³/mol. The number of nitrogens with one attached hydrogen (secondary N) is 1. The van der Waals surface area contributed by atoms with Crippen LogP contribution in [0.15, 0.2) is 23.0 Å². The summed E-state index contributed by atoms with van der Waals surface area (Å²) in [5, 5.41) is 3.32. The lowest BCUT2D eigenvalue weighted by molar-refractivity contribution is -0.125. The fourth-order valence-corrected chi connectivity index (χ4v) is 3.52. The average molecular weight is 385 g/mol. The average Bonchev–Trinajstić information content (AvgIpc) is 2.95. The first-order valence-electron chi connectivity index (χ1n) is 10.0. The third-order valence-corrected chi connectivity index (χ3v) is 5.24. The molecular formula is C21H27N3O4. The number of hydrogen-bond donors (Lipinski definition) is 1. The zero-order valence-electron chi connectivity index (χ0n) is 16.5. The standard InChI is InChI=1S/C21H27N3O4/c1-3-15(4-2)22-19(25)13-28-21(27)14-9-10-16-17(12-14)23-18-8-6-5-7-11-24(18)20(16)26/h9-10,12,15H,3-8,11,13H2,1-2H3,(H,22,25). The Kier molecular flexibility index (Phi) is 6.44. The van der Waals surface area contributed by atoms with E-state index in [-0.39, 0.29) is 29.7 Å². The van der Waals surface area contributed by atoms with Crippen molar-refractivity contribution >= 4 is 22.8 Å². The van der Waals surface area contributed by atoms with E-state index in [1.165, 1.54) is 0 Å². The Balaban J connectivity index is 1.75. The molecule has 1 aliphatic rings. The van der Waals surface area contributed by atoms with Crippen molar-refractivity contribution in [2.45, 2.75) is 65.0 Å². The fraction of sp³-hybridized carbons (Fsp3) is 0.524. The summed E-state index contributed by atoms with van der Waals surface area (Å²) in [6, 6.07) is 4.82. The predicted octanol–water partition coefficient (Wildman–Crippen LogP) is 2.58. The summed E-state index contributed by atoms with van der Waals surface area (Å²) < 4.78 is 6.88. The van der Waals surface area contributed by atoms with Crippen LogP contribution in [0.3, 0.4) is 0 Å². The summed E-state index contributed by atoms with van der Waals surface area (Å²) in [5.41, 5.74) is 0.716. The van der Waals surface area contributed by atoms with Gasteiger partial charge >= 0.3 is 5.97 Å². The third kappa shape index (κ3) is 4.40. The molecule has 7 heteroatoms. The van der Waals surface area contributed by atoms with E-state index in [1.807, 2.05) is 13.8 Å². The number of carbonyl (C=O) groups is 2. The maximum atomic E-state index is 12.7. The molecule has 2 heterocycles. The largest absolute Gasteiger partial charge is 0.452 e. The van der Waals surface area contributed by atoms with Gasteiger partial charge in [0.2, 0.25) is 0 Å². The Hall–Kier alpha value is -2.70. The highest BCUT2D eigenvalue weighted by Crippen LogP contribution is 2.16. The van der Waals surface area contributed by atoms with E-state index in [1.54, 1.807) is 22.8 Å². The van der Waals surface area contributed by atoms with Gasteiger partial charge < -0.3 is 10.1 Å². The van der Waals surface area contributed by atoms with Crippen LogP contribution < -0.4 is 10.9 Å². The smallest absolute Gasteiger partial charge is 0.338 e. The van der Waals surface area contributed by atoms with Crippen molar-refractivity contribution in [2.24, 2.45) is 0 Å². The van der Waals surface area contributed by atoms with E-state index >= 15 is 0 Å². The highest BCUT2D eigenvalue weighted by molar-refractivity contribution is 5.95. The van der Waals surface area contributed by atoms with Crippen LogP contribution in [-0.2, 0) is 22.5 Å². The number of fused-ring (bicyclic) bond motifs is 2. The molecule has 7 nitrogen and oxygen atoms in total. The number of rotatable bonds is 6. The normalized spacial score (nSPS) is 13.8. The number of aryl methyl sites for hydroxylation is 1. The minimum atomic E-state index is -0.599. The van der Waals surface area contributed by atoms with Crippen LogP contribution in [0, 0.1) is 0 Å². The topological polar surface area (TPSA) is 90.3 Å². The second kappa shape index (κ2) is 8.99. The summed E-state index contributed by atoms with van der Waals surface area (Å²) in [6.45, 7) is 4.34. The maximum absolute atomic E-state index is 12.7. The molecule has 0 unspecified atom stereocenters. The van der Waals surface area contributed by atoms with E-state index in [4.69, 9.17) is 4.74 Å². The van der Waals surface area contributed by atoms with Crippen LogP contribution in [0.4, 0.5) is 0 Å². The van der Waals surface area contributed by atoms with Crippen LogP contribution in [0.5, 0.6) is 0 Å². The molecule has 0 aliphatic carbocycles. The van der Waals surface area contributed by atoms with E-state index in [0.717, 1.165) is 44.3 Å². The van der Waals surface area contributed by atoms with Crippen molar-refractivity contribution < 1.29 is 14.3 Å². The third-order valence-electron chi connectivity index (χ3n) is 5.24. The molecular weight excluding hydrogens is 358 g/mol. The summed E-state index contributed by atoms with van der Waals surface area (Å²) in [7, 11) is 0. The van der Waals surface area contributed by atoms with Crippen molar-refractivity contribution in [3.63, 3.8) is 0 Å². The molecule has 2 aromatic rings. The second-order valence-electron chi connectivity index (χ2n) is 7.18. The molecule has 0 bridgehead atoms. The zero-order valence-corrected chi connectivity index (χ0v) is 16.5. The first kappa shape index (κ1) is 20.0. The van der Waals surface area contributed by atoms with Crippen molar-refractivity contribution in [3.8, 4) is 0 Å². The molecule has 1 aromatic heterocycles. The van der Waals surface area contributed by atoms with Crippen LogP contribution in [-0.4, -0.2) is 34.1 Å². The van der Waals surface area contributed by atoms with Gasteiger partial charge in [-0.25, -0.2) is 9.78 Å². The molecule has 28 heavy (non-hydrogen) atoms. The molecule has 1 aromatic carbocycles. The molecule has 0 saturated heterocycles. The number of esters is 1. The van der Waals surface area contributed by atoms with E-state index in [2.05, 4.69) is 10.3 Å². The summed E-state index contributed by atoms with van der Waals surface area (Å²) in [5.74, 6) is -0.145. The first-order chi connectivity index (χ1) is 13.5. The quantitative estimate of drug-likeness (QED) is 0.772. The molecule has 1 aliphatic heterocycles. The van der Waals surface area contributed by atoms with Crippen LogP contribution in [0.1, 0.15) is 62.1 Å². The van der Waals surface area contributed by atoms with Crippen LogP contribution >= 0.6 is 0 Å². The van der Waals surface area contributed by atoms with Gasteiger partial charge in [-0.05, 0) is 43.9 Å². The van der Waals surface area contributed by atoms with Gasteiger partial charge in [0.25, 0.3) is 11.5 Å². The van der Waals surface area contributed by atoms with Gasteiger partial charge in [0.1, 0.15) is 5.82 Å². The molecule has 0 atom stereocenters. The number of ether oxygens (including phenoxy) is 1. The van der Waals surface area contributed by atoms with Gasteiger partial charge in [0, 0.05) is 19.0 Å². The highest BCUT2D eigenvalue weighted by atomic mass is 16.5. The fourth-order valence-electron chi connectivity index (χ4n) is 3.52. The van der Waals surface area contributed by atoms with Gasteiger partial charge in [-0.15, -0.1) is 0 Å². The Bertz CT molecular complexity index is 931. The van der Waals surface area contributed by atoms with Gasteiger partial charge in [-0.2, -0.15) is 0 Å². The molecule has 3 rings (SSSR count). The van der Waals surface area contributed by atoms with Crippen LogP contribution in [0.25, 0.3) is 10.9 Å². The minimum Gasteiger partial charge on any atom is -0.452 e. The van der Waals surface area contributed by atoms with Gasteiger partial charge in [-0.3, -0.25) is 14.2 Å². The van der Waals surface area contributed by atoms with Gasteiger partial charge in [0.15, 0.2) is 6.61 Å². The summed E-state index contributed by atoms with van der Waals surface area (Å²) in [4.78, 5) is 41.6. The van der Waals surface area contributed by atoms with E-state index in [9.17, 15) is 14.4 Å². The van der Waals surface area contributed by atoms with Crippen molar-refractivity contribution in [3.05, 3.63) is 39.9 Å². The van der Waals surface area contributed by atoms with E-state index < -0.39 is 5.97 Å². The molecule has 150 valence electrons. The Morgan fingerprint density at radius 3 is 2.75 bits per heavy atom. The first-order valence-corrected chi connectivity index (χ1v) is 10.0. The van der Waals surface area contributed by atoms with Crippen molar-refractivity contribution in [1.82, 2.24) is 14.9 Å². The number of nitrogens with zero attached hydrogens (tertiary/aromatic N) is 2. The van der Waals surface area contributed by atoms with Gasteiger partial charge in [-0.1, -0.05) is 20.3 Å². The van der Waals surface area contributed by atoms with Crippen molar-refractivity contribution in [1.29, 1.82) is 0 Å². The maximum Gasteiger partial charge on any atom is 0.338 e. The molecule has 0 spiro atoms. The van der Waals surface area contributed by atoms with Crippen molar-refractivity contribution in [2.75, 3.05) is 6.61 Å². The number of aromatic nitrogens is 2. The monoisotopic (exact) mass is 385 g/mol. The lowest BCUT2D eigenvalue weighted by Gasteiger charge is -2.14. The van der Waals surface area contributed by atoms with Crippen LogP contribution in [0.2, 0.25) is 0 Å². The molecule has 1 N–H and O–H groups in total.